The van der Waals surface area contributed by atoms with Crippen LogP contribution in [0, 0.1) is 36.8 Å². The zero-order valence-corrected chi connectivity index (χ0v) is 10.5. The summed E-state index contributed by atoms with van der Waals surface area (Å²) in [5.41, 5.74) is 1.04. The normalized spacial score (nSPS) is 10.1. The molecule has 0 saturated heterocycles. The molecular formula is C14H11F2N3. The summed E-state index contributed by atoms with van der Waals surface area (Å²) in [5.74, 6) is -1.13. The number of nitriles is 1. The Bertz CT molecular complexity index is 675. The van der Waals surface area contributed by atoms with Crippen LogP contribution in [0.2, 0.25) is 0 Å². The first-order valence-electron chi connectivity index (χ1n) is 5.61. The summed E-state index contributed by atoms with van der Waals surface area (Å²) in [6, 6.07) is 7.54. The van der Waals surface area contributed by atoms with Crippen LogP contribution in [0.25, 0.3) is 0 Å². The van der Waals surface area contributed by atoms with E-state index in [-0.39, 0.29) is 11.5 Å². The molecule has 96 valence electrons. The highest BCUT2D eigenvalue weighted by Crippen LogP contribution is 2.25. The molecular weight excluding hydrogens is 248 g/mol. The van der Waals surface area contributed by atoms with Gasteiger partial charge in [-0.25, -0.2) is 13.8 Å². The maximum atomic E-state index is 13.8. The molecule has 0 aliphatic heterocycles. The van der Waals surface area contributed by atoms with Gasteiger partial charge in [0, 0.05) is 5.69 Å². The third-order valence-corrected chi connectivity index (χ3v) is 2.62. The molecule has 1 aromatic carbocycles. The van der Waals surface area contributed by atoms with Crippen molar-refractivity contribution < 1.29 is 8.78 Å². The molecule has 0 fully saturated rings. The number of pyridine rings is 1. The Morgan fingerprint density at radius 3 is 2.63 bits per heavy atom. The van der Waals surface area contributed by atoms with E-state index in [2.05, 4.69) is 10.3 Å². The van der Waals surface area contributed by atoms with Gasteiger partial charge in [0.2, 0.25) is 0 Å². The Labute approximate surface area is 109 Å². The van der Waals surface area contributed by atoms with Crippen LogP contribution in [0.4, 0.5) is 20.3 Å². The number of hydrogen-bond acceptors (Lipinski definition) is 3. The van der Waals surface area contributed by atoms with E-state index in [1.165, 1.54) is 18.2 Å². The molecule has 1 N–H and O–H groups in total. The minimum Gasteiger partial charge on any atom is -0.335 e. The van der Waals surface area contributed by atoms with Crippen LogP contribution in [-0.4, -0.2) is 4.98 Å². The predicted octanol–water partition coefficient (Wildman–Crippen LogP) is 3.59. The smallest absolute Gasteiger partial charge is 0.152 e. The van der Waals surface area contributed by atoms with Gasteiger partial charge in [-0.1, -0.05) is 6.07 Å². The molecule has 0 aliphatic carbocycles. The third kappa shape index (κ3) is 2.68. The molecule has 0 saturated carbocycles. The molecule has 1 aromatic heterocycles. The summed E-state index contributed by atoms with van der Waals surface area (Å²) < 4.78 is 27.4. The molecule has 1 heterocycles. The molecule has 2 rings (SSSR count). The number of aryl methyl sites for hydroxylation is 2. The molecule has 0 aliphatic rings. The Hall–Kier alpha value is -2.48. The molecule has 0 atom stereocenters. The topological polar surface area (TPSA) is 48.7 Å². The maximum Gasteiger partial charge on any atom is 0.152 e. The van der Waals surface area contributed by atoms with Gasteiger partial charge in [-0.15, -0.1) is 0 Å². The van der Waals surface area contributed by atoms with E-state index in [0.717, 1.165) is 0 Å². The lowest BCUT2D eigenvalue weighted by Gasteiger charge is -2.10. The molecule has 0 bridgehead atoms. The van der Waals surface area contributed by atoms with Crippen LogP contribution in [-0.2, 0) is 0 Å². The van der Waals surface area contributed by atoms with Crippen molar-refractivity contribution in [3.05, 3.63) is 52.7 Å². The van der Waals surface area contributed by atoms with E-state index in [0.29, 0.717) is 16.8 Å². The molecule has 0 unspecified atom stereocenters. The van der Waals surface area contributed by atoms with E-state index in [1.807, 2.05) is 6.07 Å². The van der Waals surface area contributed by atoms with Gasteiger partial charge in [0.1, 0.15) is 17.3 Å². The first-order chi connectivity index (χ1) is 9.01. The Balaban J connectivity index is 2.45. The van der Waals surface area contributed by atoms with Gasteiger partial charge in [-0.2, -0.15) is 5.26 Å². The van der Waals surface area contributed by atoms with Crippen LogP contribution < -0.4 is 5.32 Å². The quantitative estimate of drug-likeness (QED) is 0.896. The minimum absolute atomic E-state index is 0.236. The zero-order valence-electron chi connectivity index (χ0n) is 10.5. The molecule has 19 heavy (non-hydrogen) atoms. The van der Waals surface area contributed by atoms with Crippen molar-refractivity contribution >= 4 is 11.5 Å². The van der Waals surface area contributed by atoms with Crippen LogP contribution in [0.15, 0.2) is 24.3 Å². The monoisotopic (exact) mass is 259 g/mol. The van der Waals surface area contributed by atoms with Gasteiger partial charge in [0.15, 0.2) is 5.82 Å². The van der Waals surface area contributed by atoms with Crippen molar-refractivity contribution in [1.29, 1.82) is 5.26 Å². The molecule has 2 aromatic rings. The second-order valence-electron chi connectivity index (χ2n) is 4.17. The predicted molar refractivity (Wildman–Crippen MR) is 68.1 cm³/mol. The van der Waals surface area contributed by atoms with E-state index < -0.39 is 11.6 Å². The molecule has 3 nitrogen and oxygen atoms in total. The van der Waals surface area contributed by atoms with Gasteiger partial charge in [0.05, 0.1) is 11.6 Å². The highest BCUT2D eigenvalue weighted by molar-refractivity contribution is 5.60. The average Bonchev–Trinajstić information content (AvgIpc) is 2.38. The van der Waals surface area contributed by atoms with E-state index in [1.54, 1.807) is 19.9 Å². The van der Waals surface area contributed by atoms with Crippen LogP contribution in [0.3, 0.4) is 0 Å². The van der Waals surface area contributed by atoms with Crippen molar-refractivity contribution in [2.24, 2.45) is 0 Å². The van der Waals surface area contributed by atoms with E-state index in [9.17, 15) is 8.78 Å². The van der Waals surface area contributed by atoms with Crippen LogP contribution in [0.1, 0.15) is 16.8 Å². The van der Waals surface area contributed by atoms with Crippen LogP contribution in [0.5, 0.6) is 0 Å². The SMILES string of the molecule is Cc1cc(C#N)cc(Nc2c(F)ccc(C)c2F)n1. The van der Waals surface area contributed by atoms with Crippen molar-refractivity contribution in [2.45, 2.75) is 13.8 Å². The summed E-state index contributed by atoms with van der Waals surface area (Å²) >= 11 is 0. The van der Waals surface area contributed by atoms with Crippen molar-refractivity contribution in [3.8, 4) is 6.07 Å². The second-order valence-corrected chi connectivity index (χ2v) is 4.17. The zero-order chi connectivity index (χ0) is 14.0. The number of anilines is 2. The summed E-state index contributed by atoms with van der Waals surface area (Å²) in [7, 11) is 0. The third-order valence-electron chi connectivity index (χ3n) is 2.62. The second kappa shape index (κ2) is 5.02. The van der Waals surface area contributed by atoms with Crippen molar-refractivity contribution in [2.75, 3.05) is 5.32 Å². The molecule has 0 amide bonds. The fourth-order valence-electron chi connectivity index (χ4n) is 1.70. The lowest BCUT2D eigenvalue weighted by molar-refractivity contribution is 0.584. The fourth-order valence-corrected chi connectivity index (χ4v) is 1.70. The summed E-state index contributed by atoms with van der Waals surface area (Å²) in [5, 5.41) is 11.4. The summed E-state index contributed by atoms with van der Waals surface area (Å²) in [6.45, 7) is 3.25. The van der Waals surface area contributed by atoms with Crippen LogP contribution >= 0.6 is 0 Å². The fraction of sp³-hybridized carbons (Fsp3) is 0.143. The highest BCUT2D eigenvalue weighted by Gasteiger charge is 2.12. The number of hydrogen-bond donors (Lipinski definition) is 1. The van der Waals surface area contributed by atoms with Gasteiger partial charge in [-0.3, -0.25) is 0 Å². The lowest BCUT2D eigenvalue weighted by atomic mass is 10.2. The van der Waals surface area contributed by atoms with Gasteiger partial charge in [0.25, 0.3) is 0 Å². The summed E-state index contributed by atoms with van der Waals surface area (Å²) in [4.78, 5) is 4.09. The Morgan fingerprint density at radius 2 is 1.95 bits per heavy atom. The number of benzene rings is 1. The number of nitrogens with zero attached hydrogens (tertiary/aromatic N) is 2. The number of nitrogens with one attached hydrogen (secondary N) is 1. The Kier molecular flexibility index (Phi) is 3.43. The maximum absolute atomic E-state index is 13.8. The largest absolute Gasteiger partial charge is 0.335 e. The van der Waals surface area contributed by atoms with Gasteiger partial charge < -0.3 is 5.32 Å². The number of halogens is 2. The lowest BCUT2D eigenvalue weighted by Crippen LogP contribution is -2.02. The van der Waals surface area contributed by atoms with Crippen molar-refractivity contribution in [1.82, 2.24) is 4.98 Å². The standard InChI is InChI=1S/C14H11F2N3/c1-8-3-4-11(15)14(13(8)16)19-12-6-10(7-17)5-9(2)18-12/h3-6H,1-2H3,(H,18,19). The average molecular weight is 259 g/mol. The Morgan fingerprint density at radius 1 is 1.21 bits per heavy atom. The molecule has 0 spiro atoms. The van der Waals surface area contributed by atoms with E-state index >= 15 is 0 Å². The van der Waals surface area contributed by atoms with Gasteiger partial charge in [-0.05, 0) is 37.6 Å². The minimum atomic E-state index is -0.704. The van der Waals surface area contributed by atoms with E-state index in [4.69, 9.17) is 5.26 Å². The first-order valence-corrected chi connectivity index (χ1v) is 5.61. The highest BCUT2D eigenvalue weighted by atomic mass is 19.1. The molecule has 5 heteroatoms. The first kappa shape index (κ1) is 13.0. The number of aromatic nitrogens is 1. The van der Waals surface area contributed by atoms with Crippen molar-refractivity contribution in [3.63, 3.8) is 0 Å². The molecule has 0 radical (unpaired) electrons. The van der Waals surface area contributed by atoms with Gasteiger partial charge >= 0.3 is 0 Å². The summed E-state index contributed by atoms with van der Waals surface area (Å²) in [6.07, 6.45) is 0. The number of rotatable bonds is 2.